The molecule has 0 aliphatic carbocycles. The Morgan fingerprint density at radius 2 is 2.00 bits per heavy atom. The first-order chi connectivity index (χ1) is 8.06. The third kappa shape index (κ3) is 2.74. The minimum atomic E-state index is -0.157. The van der Waals surface area contributed by atoms with Gasteiger partial charge in [0.25, 0.3) is 5.91 Å². The molecule has 0 saturated carbocycles. The molecule has 0 unspecified atom stereocenters. The number of rotatable bonds is 2. The van der Waals surface area contributed by atoms with Crippen molar-refractivity contribution in [3.63, 3.8) is 0 Å². The van der Waals surface area contributed by atoms with E-state index in [1.807, 2.05) is 31.2 Å². The number of anilines is 1. The van der Waals surface area contributed by atoms with E-state index in [9.17, 15) is 4.79 Å². The standard InChI is InChI=1S/C12H12BrN3O/c1-8-7-11(16(2)15-8)12(17)14-10-5-3-9(13)4-6-10/h3-7H,1-2H3,(H,14,17). The molecule has 1 aromatic heterocycles. The molecule has 1 amide bonds. The number of nitrogens with zero attached hydrogens (tertiary/aromatic N) is 2. The molecule has 0 bridgehead atoms. The zero-order chi connectivity index (χ0) is 12.4. The first-order valence-electron chi connectivity index (χ1n) is 5.14. The lowest BCUT2D eigenvalue weighted by Gasteiger charge is -2.05. The summed E-state index contributed by atoms with van der Waals surface area (Å²) in [7, 11) is 1.75. The third-order valence-corrected chi connectivity index (χ3v) is 2.87. The molecule has 1 aromatic carbocycles. The Hall–Kier alpha value is -1.62. The van der Waals surface area contributed by atoms with Crippen molar-refractivity contribution in [3.8, 4) is 0 Å². The molecule has 2 aromatic rings. The topological polar surface area (TPSA) is 46.9 Å². The first kappa shape index (κ1) is 11.9. The Morgan fingerprint density at radius 3 is 2.53 bits per heavy atom. The second-order valence-corrected chi connectivity index (χ2v) is 4.67. The molecule has 0 aliphatic rings. The summed E-state index contributed by atoms with van der Waals surface area (Å²) in [5, 5.41) is 6.96. The minimum absolute atomic E-state index is 0.157. The number of nitrogens with one attached hydrogen (secondary N) is 1. The predicted molar refractivity (Wildman–Crippen MR) is 70.0 cm³/mol. The maximum absolute atomic E-state index is 11.9. The molecular weight excluding hydrogens is 282 g/mol. The van der Waals surface area contributed by atoms with Crippen LogP contribution in [0.1, 0.15) is 16.2 Å². The van der Waals surface area contributed by atoms with Gasteiger partial charge in [-0.25, -0.2) is 0 Å². The molecule has 2 rings (SSSR count). The number of carbonyl (C=O) groups excluding carboxylic acids is 1. The highest BCUT2D eigenvalue weighted by atomic mass is 79.9. The molecule has 1 heterocycles. The predicted octanol–water partition coefficient (Wildman–Crippen LogP) is 2.74. The fourth-order valence-corrected chi connectivity index (χ4v) is 1.82. The molecule has 0 fully saturated rings. The number of hydrogen-bond acceptors (Lipinski definition) is 2. The van der Waals surface area contributed by atoms with E-state index >= 15 is 0 Å². The summed E-state index contributed by atoms with van der Waals surface area (Å²) in [5.41, 5.74) is 2.14. The Bertz CT molecular complexity index is 545. The van der Waals surface area contributed by atoms with Crippen molar-refractivity contribution in [2.75, 3.05) is 5.32 Å². The summed E-state index contributed by atoms with van der Waals surface area (Å²) in [5.74, 6) is -0.157. The van der Waals surface area contributed by atoms with Gasteiger partial charge in [-0.05, 0) is 37.3 Å². The quantitative estimate of drug-likeness (QED) is 0.925. The van der Waals surface area contributed by atoms with E-state index in [1.165, 1.54) is 0 Å². The molecule has 0 spiro atoms. The number of halogens is 1. The minimum Gasteiger partial charge on any atom is -0.321 e. The van der Waals surface area contributed by atoms with E-state index in [0.29, 0.717) is 5.69 Å². The Labute approximate surface area is 108 Å². The molecule has 88 valence electrons. The summed E-state index contributed by atoms with van der Waals surface area (Å²) in [6, 6.07) is 9.19. The summed E-state index contributed by atoms with van der Waals surface area (Å²) in [6.45, 7) is 1.86. The molecule has 0 atom stereocenters. The smallest absolute Gasteiger partial charge is 0.273 e. The number of amides is 1. The largest absolute Gasteiger partial charge is 0.321 e. The average Bonchev–Trinajstić information content (AvgIpc) is 2.61. The van der Waals surface area contributed by atoms with Crippen LogP contribution >= 0.6 is 15.9 Å². The van der Waals surface area contributed by atoms with Crippen molar-refractivity contribution < 1.29 is 4.79 Å². The van der Waals surface area contributed by atoms with Gasteiger partial charge >= 0.3 is 0 Å². The Balaban J connectivity index is 2.17. The van der Waals surface area contributed by atoms with E-state index in [-0.39, 0.29) is 5.91 Å². The van der Waals surface area contributed by atoms with Gasteiger partial charge in [0.15, 0.2) is 0 Å². The second-order valence-electron chi connectivity index (χ2n) is 3.76. The lowest BCUT2D eigenvalue weighted by Crippen LogP contribution is -2.15. The molecule has 0 radical (unpaired) electrons. The zero-order valence-electron chi connectivity index (χ0n) is 9.57. The molecule has 0 saturated heterocycles. The molecular formula is C12H12BrN3O. The van der Waals surface area contributed by atoms with Crippen molar-refractivity contribution in [3.05, 3.63) is 46.2 Å². The number of benzene rings is 1. The van der Waals surface area contributed by atoms with Crippen LogP contribution in [0.3, 0.4) is 0 Å². The van der Waals surface area contributed by atoms with Crippen LogP contribution in [0.15, 0.2) is 34.8 Å². The van der Waals surface area contributed by atoms with Crippen molar-refractivity contribution in [2.45, 2.75) is 6.92 Å². The molecule has 17 heavy (non-hydrogen) atoms. The number of hydrogen-bond donors (Lipinski definition) is 1. The van der Waals surface area contributed by atoms with Crippen LogP contribution in [-0.2, 0) is 7.05 Å². The zero-order valence-corrected chi connectivity index (χ0v) is 11.2. The van der Waals surface area contributed by atoms with Crippen molar-refractivity contribution in [1.82, 2.24) is 9.78 Å². The van der Waals surface area contributed by atoms with Crippen LogP contribution in [-0.4, -0.2) is 15.7 Å². The van der Waals surface area contributed by atoms with E-state index in [1.54, 1.807) is 17.8 Å². The van der Waals surface area contributed by atoms with Crippen molar-refractivity contribution >= 4 is 27.5 Å². The monoisotopic (exact) mass is 293 g/mol. The molecule has 4 nitrogen and oxygen atoms in total. The van der Waals surface area contributed by atoms with Gasteiger partial charge in [-0.3, -0.25) is 9.48 Å². The fraction of sp³-hybridized carbons (Fsp3) is 0.167. The summed E-state index contributed by atoms with van der Waals surface area (Å²) in [6.07, 6.45) is 0. The van der Waals surface area contributed by atoms with Crippen LogP contribution in [0.25, 0.3) is 0 Å². The van der Waals surface area contributed by atoms with Gasteiger partial charge in [0.1, 0.15) is 5.69 Å². The van der Waals surface area contributed by atoms with Crippen LogP contribution < -0.4 is 5.32 Å². The number of aryl methyl sites for hydroxylation is 2. The maximum Gasteiger partial charge on any atom is 0.273 e. The first-order valence-corrected chi connectivity index (χ1v) is 5.93. The van der Waals surface area contributed by atoms with E-state index < -0.39 is 0 Å². The lowest BCUT2D eigenvalue weighted by molar-refractivity contribution is 0.101. The highest BCUT2D eigenvalue weighted by molar-refractivity contribution is 9.10. The van der Waals surface area contributed by atoms with E-state index in [2.05, 4.69) is 26.3 Å². The van der Waals surface area contributed by atoms with E-state index in [0.717, 1.165) is 15.9 Å². The van der Waals surface area contributed by atoms with Gasteiger partial charge in [0.05, 0.1) is 5.69 Å². The molecule has 0 aliphatic heterocycles. The molecule has 5 heteroatoms. The highest BCUT2D eigenvalue weighted by Crippen LogP contribution is 2.15. The summed E-state index contributed by atoms with van der Waals surface area (Å²) in [4.78, 5) is 11.9. The van der Waals surface area contributed by atoms with Gasteiger partial charge in [-0.2, -0.15) is 5.10 Å². The Kier molecular flexibility index (Phi) is 3.28. The van der Waals surface area contributed by atoms with Crippen LogP contribution in [0.2, 0.25) is 0 Å². The van der Waals surface area contributed by atoms with Gasteiger partial charge in [0.2, 0.25) is 0 Å². The van der Waals surface area contributed by atoms with E-state index in [4.69, 9.17) is 0 Å². The maximum atomic E-state index is 11.9. The van der Waals surface area contributed by atoms with Crippen molar-refractivity contribution in [2.24, 2.45) is 7.05 Å². The highest BCUT2D eigenvalue weighted by Gasteiger charge is 2.11. The van der Waals surface area contributed by atoms with Crippen molar-refractivity contribution in [1.29, 1.82) is 0 Å². The van der Waals surface area contributed by atoms with Gasteiger partial charge in [-0.15, -0.1) is 0 Å². The SMILES string of the molecule is Cc1cc(C(=O)Nc2ccc(Br)cc2)n(C)n1. The Morgan fingerprint density at radius 1 is 1.35 bits per heavy atom. The number of aromatic nitrogens is 2. The van der Waals surface area contributed by atoms with Gasteiger partial charge in [0, 0.05) is 17.2 Å². The fourth-order valence-electron chi connectivity index (χ4n) is 1.55. The average molecular weight is 294 g/mol. The van der Waals surface area contributed by atoms with Crippen LogP contribution in [0.4, 0.5) is 5.69 Å². The van der Waals surface area contributed by atoms with Crippen LogP contribution in [0, 0.1) is 6.92 Å². The number of carbonyl (C=O) groups is 1. The second kappa shape index (κ2) is 4.71. The van der Waals surface area contributed by atoms with Gasteiger partial charge in [-0.1, -0.05) is 15.9 Å². The lowest BCUT2D eigenvalue weighted by atomic mass is 10.3. The molecule has 1 N–H and O–H groups in total. The summed E-state index contributed by atoms with van der Waals surface area (Å²) >= 11 is 3.34. The summed E-state index contributed by atoms with van der Waals surface area (Å²) < 4.78 is 2.55. The normalized spacial score (nSPS) is 10.3. The van der Waals surface area contributed by atoms with Gasteiger partial charge < -0.3 is 5.32 Å². The van der Waals surface area contributed by atoms with Crippen LogP contribution in [0.5, 0.6) is 0 Å². The third-order valence-electron chi connectivity index (χ3n) is 2.34.